The summed E-state index contributed by atoms with van der Waals surface area (Å²) in [4.78, 5) is 1.73. The van der Waals surface area contributed by atoms with Crippen LogP contribution >= 0.6 is 0 Å². The zero-order chi connectivity index (χ0) is 12.1. The van der Waals surface area contributed by atoms with Gasteiger partial charge in [-0.25, -0.2) is 4.39 Å². The van der Waals surface area contributed by atoms with E-state index in [-0.39, 0.29) is 11.9 Å². The third kappa shape index (κ3) is 2.71. The van der Waals surface area contributed by atoms with E-state index in [1.807, 2.05) is 19.1 Å². The van der Waals surface area contributed by atoms with E-state index < -0.39 is 0 Å². The third-order valence-electron chi connectivity index (χ3n) is 2.45. The quantitative estimate of drug-likeness (QED) is 0.848. The van der Waals surface area contributed by atoms with E-state index in [4.69, 9.17) is 11.0 Å². The number of nitriles is 1. The molecule has 1 aromatic rings. The smallest absolute Gasteiger partial charge is 0.146 e. The Bertz CT molecular complexity index is 396. The molecule has 0 aliphatic rings. The Morgan fingerprint density at radius 2 is 2.25 bits per heavy atom. The second kappa shape index (κ2) is 5.47. The molecule has 0 radical (unpaired) electrons. The first kappa shape index (κ1) is 12.5. The number of nitrogens with zero attached hydrogens (tertiary/aromatic N) is 2. The average Bonchev–Trinajstić information content (AvgIpc) is 2.25. The maximum absolute atomic E-state index is 13.7. The van der Waals surface area contributed by atoms with Crippen LogP contribution in [0.5, 0.6) is 0 Å². The summed E-state index contributed by atoms with van der Waals surface area (Å²) in [6.07, 6.45) is 0.364. The van der Waals surface area contributed by atoms with E-state index in [2.05, 4.69) is 0 Å². The van der Waals surface area contributed by atoms with Gasteiger partial charge in [-0.2, -0.15) is 5.26 Å². The lowest BCUT2D eigenvalue weighted by Gasteiger charge is -2.23. The van der Waals surface area contributed by atoms with Gasteiger partial charge in [0.1, 0.15) is 5.82 Å². The molecule has 0 aliphatic carbocycles. The first-order valence-corrected chi connectivity index (χ1v) is 5.20. The maximum Gasteiger partial charge on any atom is 0.146 e. The first-order chi connectivity index (χ1) is 7.57. The fourth-order valence-corrected chi connectivity index (χ4v) is 1.63. The normalized spacial score (nSPS) is 11.9. The SMILES string of the molecule is C[C@H](N)c1cccc(F)c1N(C)CCC#N. The van der Waals surface area contributed by atoms with Gasteiger partial charge in [-0.3, -0.25) is 0 Å². The summed E-state index contributed by atoms with van der Waals surface area (Å²) < 4.78 is 13.7. The molecule has 0 saturated heterocycles. The Morgan fingerprint density at radius 1 is 1.56 bits per heavy atom. The van der Waals surface area contributed by atoms with Crippen LogP contribution in [0.25, 0.3) is 0 Å². The van der Waals surface area contributed by atoms with E-state index in [0.29, 0.717) is 18.7 Å². The van der Waals surface area contributed by atoms with Crippen molar-refractivity contribution in [2.75, 3.05) is 18.5 Å². The fourth-order valence-electron chi connectivity index (χ4n) is 1.63. The Balaban J connectivity index is 3.05. The number of benzene rings is 1. The van der Waals surface area contributed by atoms with Crippen LogP contribution in [-0.2, 0) is 0 Å². The fraction of sp³-hybridized carbons (Fsp3) is 0.417. The van der Waals surface area contributed by atoms with Gasteiger partial charge in [-0.15, -0.1) is 0 Å². The average molecular weight is 221 g/mol. The van der Waals surface area contributed by atoms with Crippen LogP contribution in [0, 0.1) is 17.1 Å². The molecule has 4 heteroatoms. The van der Waals surface area contributed by atoms with Crippen LogP contribution in [0.1, 0.15) is 24.9 Å². The Morgan fingerprint density at radius 3 is 2.81 bits per heavy atom. The predicted octanol–water partition coefficient (Wildman–Crippen LogP) is 2.20. The van der Waals surface area contributed by atoms with Crippen molar-refractivity contribution in [3.63, 3.8) is 0 Å². The van der Waals surface area contributed by atoms with Gasteiger partial charge >= 0.3 is 0 Å². The lowest BCUT2D eigenvalue weighted by atomic mass is 10.1. The van der Waals surface area contributed by atoms with Crippen molar-refractivity contribution in [3.8, 4) is 6.07 Å². The Labute approximate surface area is 95.3 Å². The molecular weight excluding hydrogens is 205 g/mol. The second-order valence-corrected chi connectivity index (χ2v) is 3.80. The molecule has 1 atom stereocenters. The van der Waals surface area contributed by atoms with Gasteiger partial charge in [0.2, 0.25) is 0 Å². The lowest BCUT2D eigenvalue weighted by Crippen LogP contribution is -2.22. The number of para-hydroxylation sites is 1. The van der Waals surface area contributed by atoms with Gasteiger partial charge in [0.25, 0.3) is 0 Å². The summed E-state index contributed by atoms with van der Waals surface area (Å²) in [5.74, 6) is -0.296. The molecule has 2 N–H and O–H groups in total. The Kier molecular flexibility index (Phi) is 4.27. The van der Waals surface area contributed by atoms with Crippen LogP contribution in [-0.4, -0.2) is 13.6 Å². The van der Waals surface area contributed by atoms with Crippen molar-refractivity contribution in [2.45, 2.75) is 19.4 Å². The lowest BCUT2D eigenvalue weighted by molar-refractivity contribution is 0.616. The van der Waals surface area contributed by atoms with Crippen LogP contribution in [0.15, 0.2) is 18.2 Å². The first-order valence-electron chi connectivity index (χ1n) is 5.20. The van der Waals surface area contributed by atoms with Gasteiger partial charge in [0.15, 0.2) is 0 Å². The molecule has 0 heterocycles. The van der Waals surface area contributed by atoms with Gasteiger partial charge < -0.3 is 10.6 Å². The molecule has 0 amide bonds. The van der Waals surface area contributed by atoms with E-state index in [1.165, 1.54) is 6.07 Å². The summed E-state index contributed by atoms with van der Waals surface area (Å²) >= 11 is 0. The van der Waals surface area contributed by atoms with E-state index in [0.717, 1.165) is 5.56 Å². The summed E-state index contributed by atoms with van der Waals surface area (Å²) in [6.45, 7) is 2.31. The number of hydrogen-bond donors (Lipinski definition) is 1. The van der Waals surface area contributed by atoms with Gasteiger partial charge in [0.05, 0.1) is 18.2 Å². The predicted molar refractivity (Wildman–Crippen MR) is 62.5 cm³/mol. The maximum atomic E-state index is 13.7. The van der Waals surface area contributed by atoms with Gasteiger partial charge in [0, 0.05) is 19.6 Å². The molecule has 0 spiro atoms. The molecule has 3 nitrogen and oxygen atoms in total. The van der Waals surface area contributed by atoms with Gasteiger partial charge in [-0.05, 0) is 18.6 Å². The summed E-state index contributed by atoms with van der Waals surface area (Å²) in [6, 6.07) is 6.68. The number of nitrogens with two attached hydrogens (primary N) is 1. The highest BCUT2D eigenvalue weighted by atomic mass is 19.1. The minimum absolute atomic E-state index is 0.227. The molecule has 16 heavy (non-hydrogen) atoms. The third-order valence-corrected chi connectivity index (χ3v) is 2.45. The van der Waals surface area contributed by atoms with Crippen LogP contribution < -0.4 is 10.6 Å². The highest BCUT2D eigenvalue weighted by Crippen LogP contribution is 2.27. The van der Waals surface area contributed by atoms with Crippen molar-refractivity contribution in [1.29, 1.82) is 5.26 Å². The molecular formula is C12H16FN3. The van der Waals surface area contributed by atoms with Crippen molar-refractivity contribution in [2.24, 2.45) is 5.73 Å². The van der Waals surface area contributed by atoms with Crippen molar-refractivity contribution in [1.82, 2.24) is 0 Å². The van der Waals surface area contributed by atoms with E-state index >= 15 is 0 Å². The molecule has 0 saturated carbocycles. The number of halogens is 1. The van der Waals surface area contributed by atoms with Crippen molar-refractivity contribution >= 4 is 5.69 Å². The van der Waals surface area contributed by atoms with E-state index in [1.54, 1.807) is 18.0 Å². The monoisotopic (exact) mass is 221 g/mol. The summed E-state index contributed by atoms with van der Waals surface area (Å²) in [5, 5.41) is 8.51. The zero-order valence-corrected chi connectivity index (χ0v) is 9.57. The summed E-state index contributed by atoms with van der Waals surface area (Å²) in [5.41, 5.74) is 7.05. The van der Waals surface area contributed by atoms with Crippen LogP contribution in [0.4, 0.5) is 10.1 Å². The molecule has 0 aromatic heterocycles. The van der Waals surface area contributed by atoms with Crippen molar-refractivity contribution in [3.05, 3.63) is 29.6 Å². The van der Waals surface area contributed by atoms with E-state index in [9.17, 15) is 4.39 Å². The highest BCUT2D eigenvalue weighted by Gasteiger charge is 2.14. The molecule has 0 unspecified atom stereocenters. The molecule has 0 bridgehead atoms. The summed E-state index contributed by atoms with van der Waals surface area (Å²) in [7, 11) is 1.77. The topological polar surface area (TPSA) is 53.0 Å². The number of rotatable bonds is 4. The van der Waals surface area contributed by atoms with Crippen molar-refractivity contribution < 1.29 is 4.39 Å². The highest BCUT2D eigenvalue weighted by molar-refractivity contribution is 5.55. The number of hydrogen-bond acceptors (Lipinski definition) is 3. The van der Waals surface area contributed by atoms with Crippen LogP contribution in [0.2, 0.25) is 0 Å². The minimum Gasteiger partial charge on any atom is -0.371 e. The largest absolute Gasteiger partial charge is 0.371 e. The molecule has 1 rings (SSSR count). The second-order valence-electron chi connectivity index (χ2n) is 3.80. The van der Waals surface area contributed by atoms with Crippen LogP contribution in [0.3, 0.4) is 0 Å². The molecule has 0 aliphatic heterocycles. The number of anilines is 1. The Hall–Kier alpha value is -1.60. The zero-order valence-electron chi connectivity index (χ0n) is 9.57. The molecule has 86 valence electrons. The molecule has 1 aromatic carbocycles. The minimum atomic E-state index is -0.296. The van der Waals surface area contributed by atoms with Gasteiger partial charge in [-0.1, -0.05) is 12.1 Å². The standard InChI is InChI=1S/C12H16FN3/c1-9(15)10-5-3-6-11(13)12(10)16(2)8-4-7-14/h3,5-6,9H,4,8,15H2,1-2H3/t9-/m0/s1. The molecule has 0 fully saturated rings.